The van der Waals surface area contributed by atoms with Gasteiger partial charge in [-0.2, -0.15) is 0 Å². The molecule has 1 N–H and O–H groups in total. The molecule has 7 heteroatoms. The smallest absolute Gasteiger partial charge is 0.337 e. The van der Waals surface area contributed by atoms with Gasteiger partial charge in [-0.15, -0.1) is 0 Å². The van der Waals surface area contributed by atoms with Gasteiger partial charge in [-0.25, -0.2) is 4.79 Å². The van der Waals surface area contributed by atoms with Gasteiger partial charge >= 0.3 is 5.97 Å². The zero-order valence-corrected chi connectivity index (χ0v) is 25.2. The predicted molar refractivity (Wildman–Crippen MR) is 164 cm³/mol. The highest BCUT2D eigenvalue weighted by molar-refractivity contribution is 5.90. The molecule has 2 heterocycles. The zero-order valence-electron chi connectivity index (χ0n) is 25.2. The van der Waals surface area contributed by atoms with E-state index in [-0.39, 0.29) is 25.7 Å². The maximum absolute atomic E-state index is 13.6. The van der Waals surface area contributed by atoms with Crippen LogP contribution in [0.3, 0.4) is 0 Å². The van der Waals surface area contributed by atoms with Crippen molar-refractivity contribution < 1.29 is 28.8 Å². The van der Waals surface area contributed by atoms with Crippen molar-refractivity contribution >= 4 is 5.97 Å². The first-order valence-electron chi connectivity index (χ1n) is 16.0. The first-order valence-corrected chi connectivity index (χ1v) is 16.0. The molecule has 0 radical (unpaired) electrons. The molecule has 0 amide bonds. The summed E-state index contributed by atoms with van der Waals surface area (Å²) in [4.78, 5) is 16.1. The van der Waals surface area contributed by atoms with Gasteiger partial charge in [-0.05, 0) is 67.8 Å². The maximum Gasteiger partial charge on any atom is 0.337 e. The Bertz CT molecular complexity index is 1600. The monoisotopic (exact) mass is 593 g/mol. The van der Waals surface area contributed by atoms with E-state index in [1.807, 2.05) is 66.7 Å². The molecule has 3 aromatic rings. The number of nitrogens with zero attached hydrogens (tertiary/aromatic N) is 1. The van der Waals surface area contributed by atoms with E-state index in [1.54, 1.807) is 6.92 Å². The molecule has 1 spiro atoms. The fraction of sp³-hybridized carbons (Fsp3) is 0.432. The Balaban J connectivity index is 1.26. The molecule has 0 unspecified atom stereocenters. The van der Waals surface area contributed by atoms with Crippen LogP contribution in [0, 0.1) is 5.92 Å². The summed E-state index contributed by atoms with van der Waals surface area (Å²) in [6.45, 7) is 4.56. The Morgan fingerprint density at radius 1 is 0.977 bits per heavy atom. The fourth-order valence-electron chi connectivity index (χ4n) is 8.28. The maximum atomic E-state index is 13.6. The van der Waals surface area contributed by atoms with Gasteiger partial charge in [0.1, 0.15) is 19.0 Å². The molecule has 3 aliphatic carbocycles. The Hall–Kier alpha value is -3.81. The van der Waals surface area contributed by atoms with Gasteiger partial charge in [-0.3, -0.25) is 4.90 Å². The van der Waals surface area contributed by atoms with Crippen LogP contribution in [0.4, 0.5) is 0 Å². The molecule has 2 fully saturated rings. The molecule has 0 aromatic heterocycles. The van der Waals surface area contributed by atoms with Gasteiger partial charge in [0.05, 0.1) is 23.2 Å². The van der Waals surface area contributed by atoms with Crippen LogP contribution < -0.4 is 9.47 Å². The highest BCUT2D eigenvalue weighted by Gasteiger charge is 2.74. The summed E-state index contributed by atoms with van der Waals surface area (Å²) in [5, 5.41) is 13.1. The van der Waals surface area contributed by atoms with Crippen molar-refractivity contribution in [3.8, 4) is 11.5 Å². The van der Waals surface area contributed by atoms with E-state index < -0.39 is 23.1 Å². The minimum absolute atomic E-state index is 0.141. The van der Waals surface area contributed by atoms with Gasteiger partial charge in [-0.1, -0.05) is 66.7 Å². The number of likely N-dealkylation sites (tertiary alicyclic amines) is 1. The number of piperidine rings is 1. The van der Waals surface area contributed by atoms with Crippen molar-refractivity contribution in [1.29, 1.82) is 0 Å². The second kappa shape index (κ2) is 10.7. The van der Waals surface area contributed by atoms with Crippen LogP contribution >= 0.6 is 0 Å². The number of hydrogen-bond acceptors (Lipinski definition) is 7. The fourth-order valence-corrected chi connectivity index (χ4v) is 8.28. The normalized spacial score (nSPS) is 28.2. The van der Waals surface area contributed by atoms with Crippen molar-refractivity contribution in [1.82, 2.24) is 4.90 Å². The van der Waals surface area contributed by atoms with Crippen molar-refractivity contribution in [2.24, 2.45) is 5.92 Å². The SMILES string of the molecule is CCOC(=O)C1=C(OCc2ccccc2)[C@@H]2Oc3c(OCc4ccccc4)ccc4c3[C@@]23CCN(CC2CC2)[C@H](C4)[C@]3(O)C1. The Kier molecular flexibility index (Phi) is 6.72. The van der Waals surface area contributed by atoms with E-state index in [4.69, 9.17) is 18.9 Å². The summed E-state index contributed by atoms with van der Waals surface area (Å²) in [5.41, 5.74) is 2.65. The van der Waals surface area contributed by atoms with Crippen molar-refractivity contribution in [2.75, 3.05) is 19.7 Å². The number of ether oxygens (including phenoxy) is 4. The summed E-state index contributed by atoms with van der Waals surface area (Å²) >= 11 is 0. The lowest BCUT2D eigenvalue weighted by Crippen LogP contribution is -2.75. The molecule has 5 aliphatic rings. The molecule has 1 saturated carbocycles. The predicted octanol–water partition coefficient (Wildman–Crippen LogP) is 5.47. The molecule has 2 bridgehead atoms. The van der Waals surface area contributed by atoms with Crippen LogP contribution in [0.25, 0.3) is 0 Å². The van der Waals surface area contributed by atoms with Crippen LogP contribution in [0.5, 0.6) is 11.5 Å². The second-order valence-electron chi connectivity index (χ2n) is 13.0. The Labute approximate surface area is 258 Å². The molecule has 3 aromatic carbocycles. The van der Waals surface area contributed by atoms with Crippen LogP contribution in [0.2, 0.25) is 0 Å². The third-order valence-electron chi connectivity index (χ3n) is 10.5. The molecule has 7 nitrogen and oxygen atoms in total. The van der Waals surface area contributed by atoms with Gasteiger partial charge in [0.2, 0.25) is 0 Å². The molecule has 44 heavy (non-hydrogen) atoms. The minimum atomic E-state index is -1.23. The largest absolute Gasteiger partial charge is 0.489 e. The number of aliphatic hydroxyl groups is 1. The van der Waals surface area contributed by atoms with Gasteiger partial charge in [0, 0.05) is 24.6 Å². The third kappa shape index (κ3) is 4.27. The first-order chi connectivity index (χ1) is 21.5. The van der Waals surface area contributed by atoms with Crippen molar-refractivity contribution in [3.05, 3.63) is 106 Å². The molecule has 4 atom stereocenters. The lowest BCUT2D eigenvalue weighted by molar-refractivity contribution is -0.177. The van der Waals surface area contributed by atoms with Crippen LogP contribution in [0.15, 0.2) is 84.1 Å². The zero-order chi connectivity index (χ0) is 29.9. The lowest BCUT2D eigenvalue weighted by atomic mass is 9.49. The molecular weight excluding hydrogens is 554 g/mol. The summed E-state index contributed by atoms with van der Waals surface area (Å²) in [6, 6.07) is 24.0. The number of hydrogen-bond donors (Lipinski definition) is 1. The summed E-state index contributed by atoms with van der Waals surface area (Å²) in [7, 11) is 0. The molecule has 1 saturated heterocycles. The summed E-state index contributed by atoms with van der Waals surface area (Å²) < 4.78 is 25.6. The minimum Gasteiger partial charge on any atom is -0.489 e. The number of carbonyl (C=O) groups excluding carboxylic acids is 1. The number of esters is 1. The third-order valence-corrected chi connectivity index (χ3v) is 10.5. The van der Waals surface area contributed by atoms with E-state index in [0.717, 1.165) is 29.8 Å². The number of rotatable bonds is 10. The van der Waals surface area contributed by atoms with Crippen LogP contribution in [0.1, 0.15) is 54.9 Å². The molecule has 8 rings (SSSR count). The van der Waals surface area contributed by atoms with E-state index in [1.165, 1.54) is 18.4 Å². The number of carbonyl (C=O) groups is 1. The summed E-state index contributed by atoms with van der Waals surface area (Å²) in [6.07, 6.45) is 3.37. The van der Waals surface area contributed by atoms with Gasteiger partial charge in [0.15, 0.2) is 17.6 Å². The quantitative estimate of drug-likeness (QED) is 0.312. The average Bonchev–Trinajstić information content (AvgIpc) is 3.79. The van der Waals surface area contributed by atoms with E-state index >= 15 is 0 Å². The van der Waals surface area contributed by atoms with E-state index in [0.29, 0.717) is 48.2 Å². The molecular formula is C37H39NO6. The highest BCUT2D eigenvalue weighted by Crippen LogP contribution is 2.66. The van der Waals surface area contributed by atoms with Gasteiger partial charge in [0.25, 0.3) is 0 Å². The first kappa shape index (κ1) is 27.7. The molecule has 228 valence electrons. The van der Waals surface area contributed by atoms with Crippen molar-refractivity contribution in [2.45, 2.75) is 75.4 Å². The summed E-state index contributed by atoms with van der Waals surface area (Å²) in [5.74, 6) is 2.03. The molecule has 2 aliphatic heterocycles. The standard InChI is InChI=1S/C37H39NO6/c1-2-41-35(39)28-20-37(40)30-19-27-15-16-29(42-22-25-9-5-3-6-10-25)33-31(27)36(37,17-18-38(30)21-24-13-14-24)34(44-33)32(28)43-23-26-11-7-4-8-12-26/h3-12,15-16,24,30,34,40H,2,13-14,17-23H2,1H3/t30-,34+,36+,37-/m1/s1. The van der Waals surface area contributed by atoms with Gasteiger partial charge < -0.3 is 24.1 Å². The van der Waals surface area contributed by atoms with Crippen molar-refractivity contribution in [3.63, 3.8) is 0 Å². The Morgan fingerprint density at radius 2 is 1.68 bits per heavy atom. The topological polar surface area (TPSA) is 77.5 Å². The van der Waals surface area contributed by atoms with E-state index in [2.05, 4.69) is 11.0 Å². The lowest BCUT2D eigenvalue weighted by Gasteiger charge is -2.62. The average molecular weight is 594 g/mol. The van der Waals surface area contributed by atoms with Crippen LogP contribution in [-0.4, -0.2) is 53.4 Å². The Morgan fingerprint density at radius 3 is 2.36 bits per heavy atom. The second-order valence-corrected chi connectivity index (χ2v) is 13.0. The highest BCUT2D eigenvalue weighted by atomic mass is 16.6. The number of benzene rings is 3. The van der Waals surface area contributed by atoms with E-state index in [9.17, 15) is 9.90 Å². The van der Waals surface area contributed by atoms with Crippen LogP contribution in [-0.2, 0) is 39.3 Å².